The summed E-state index contributed by atoms with van der Waals surface area (Å²) < 4.78 is 24.2. The van der Waals surface area contributed by atoms with Crippen molar-refractivity contribution in [2.45, 2.75) is 19.1 Å². The maximum atomic E-state index is 13.6. The SMILES string of the molecule is COc1cccc(CC(=O)N2CCN(CC(O)COCc3ccccc3F)CC2)c1. The zero-order chi connectivity index (χ0) is 21.3. The van der Waals surface area contributed by atoms with E-state index in [1.54, 1.807) is 25.3 Å². The Morgan fingerprint density at radius 2 is 1.90 bits per heavy atom. The van der Waals surface area contributed by atoms with Gasteiger partial charge in [0, 0.05) is 38.3 Å². The van der Waals surface area contributed by atoms with Crippen LogP contribution in [0.25, 0.3) is 0 Å². The summed E-state index contributed by atoms with van der Waals surface area (Å²) in [4.78, 5) is 16.5. The molecule has 7 heteroatoms. The lowest BCUT2D eigenvalue weighted by molar-refractivity contribution is -0.132. The Labute approximate surface area is 176 Å². The van der Waals surface area contributed by atoms with E-state index in [9.17, 15) is 14.3 Å². The summed E-state index contributed by atoms with van der Waals surface area (Å²) in [5.41, 5.74) is 1.41. The number of ether oxygens (including phenoxy) is 2. The largest absolute Gasteiger partial charge is 0.497 e. The number of aliphatic hydroxyl groups is 1. The number of nitrogens with zero attached hydrogens (tertiary/aromatic N) is 2. The van der Waals surface area contributed by atoms with Gasteiger partial charge in [0.1, 0.15) is 11.6 Å². The third-order valence-electron chi connectivity index (χ3n) is 5.21. The van der Waals surface area contributed by atoms with Gasteiger partial charge < -0.3 is 19.5 Å². The fourth-order valence-electron chi connectivity index (χ4n) is 3.52. The van der Waals surface area contributed by atoms with Gasteiger partial charge in [0.2, 0.25) is 5.91 Å². The van der Waals surface area contributed by atoms with Crippen molar-refractivity contribution in [3.8, 4) is 5.75 Å². The zero-order valence-electron chi connectivity index (χ0n) is 17.3. The van der Waals surface area contributed by atoms with Gasteiger partial charge in [-0.25, -0.2) is 4.39 Å². The first-order valence-electron chi connectivity index (χ1n) is 10.2. The maximum absolute atomic E-state index is 13.6. The highest BCUT2D eigenvalue weighted by Crippen LogP contribution is 2.14. The molecule has 162 valence electrons. The predicted octanol–water partition coefficient (Wildman–Crippen LogP) is 2.10. The van der Waals surface area contributed by atoms with Crippen molar-refractivity contribution in [2.75, 3.05) is 46.4 Å². The molecule has 0 bridgehead atoms. The van der Waals surface area contributed by atoms with Gasteiger partial charge in [-0.3, -0.25) is 9.69 Å². The molecule has 1 atom stereocenters. The quantitative estimate of drug-likeness (QED) is 0.678. The smallest absolute Gasteiger partial charge is 0.227 e. The van der Waals surface area contributed by atoms with Crippen molar-refractivity contribution >= 4 is 5.91 Å². The summed E-state index contributed by atoms with van der Waals surface area (Å²) in [5.74, 6) is 0.537. The lowest BCUT2D eigenvalue weighted by Gasteiger charge is -2.35. The van der Waals surface area contributed by atoms with Crippen LogP contribution in [0.1, 0.15) is 11.1 Å². The van der Waals surface area contributed by atoms with Gasteiger partial charge in [-0.1, -0.05) is 30.3 Å². The van der Waals surface area contributed by atoms with Gasteiger partial charge in [0.25, 0.3) is 0 Å². The first-order chi connectivity index (χ1) is 14.5. The number of aliphatic hydroxyl groups excluding tert-OH is 1. The number of hydrogen-bond acceptors (Lipinski definition) is 5. The fraction of sp³-hybridized carbons (Fsp3) is 0.435. The average molecular weight is 416 g/mol. The number of halogens is 1. The van der Waals surface area contributed by atoms with Crippen molar-refractivity contribution in [1.82, 2.24) is 9.80 Å². The van der Waals surface area contributed by atoms with E-state index >= 15 is 0 Å². The van der Waals surface area contributed by atoms with Crippen molar-refractivity contribution in [3.05, 3.63) is 65.5 Å². The number of carbonyl (C=O) groups excluding carboxylic acids is 1. The van der Waals surface area contributed by atoms with Crippen LogP contribution in [0, 0.1) is 5.82 Å². The Hall–Kier alpha value is -2.48. The minimum absolute atomic E-state index is 0.0941. The number of benzene rings is 2. The van der Waals surface area contributed by atoms with E-state index in [0.717, 1.165) is 11.3 Å². The molecule has 6 nitrogen and oxygen atoms in total. The molecule has 0 radical (unpaired) electrons. The third-order valence-corrected chi connectivity index (χ3v) is 5.21. The standard InChI is InChI=1S/C23H29FN2O4/c1-29-21-7-4-5-18(13-21)14-23(28)26-11-9-25(10-12-26)15-20(27)17-30-16-19-6-2-3-8-22(19)24/h2-8,13,20,27H,9-12,14-17H2,1H3. The Morgan fingerprint density at radius 1 is 1.13 bits per heavy atom. The highest BCUT2D eigenvalue weighted by molar-refractivity contribution is 5.79. The van der Waals surface area contributed by atoms with E-state index in [0.29, 0.717) is 44.7 Å². The number of rotatable bonds is 9. The zero-order valence-corrected chi connectivity index (χ0v) is 17.3. The van der Waals surface area contributed by atoms with Crippen molar-refractivity contribution < 1.29 is 23.8 Å². The molecule has 1 amide bonds. The number of piperazine rings is 1. The molecule has 3 rings (SSSR count). The summed E-state index contributed by atoms with van der Waals surface area (Å²) in [7, 11) is 1.61. The Morgan fingerprint density at radius 3 is 2.63 bits per heavy atom. The fourth-order valence-corrected chi connectivity index (χ4v) is 3.52. The van der Waals surface area contributed by atoms with E-state index in [1.165, 1.54) is 6.07 Å². The van der Waals surface area contributed by atoms with Crippen LogP contribution in [0.4, 0.5) is 4.39 Å². The third kappa shape index (κ3) is 6.52. The van der Waals surface area contributed by atoms with E-state index < -0.39 is 6.10 Å². The van der Waals surface area contributed by atoms with Crippen LogP contribution in [0.3, 0.4) is 0 Å². The van der Waals surface area contributed by atoms with Gasteiger partial charge in [0.05, 0.1) is 32.8 Å². The van der Waals surface area contributed by atoms with Crippen LogP contribution in [-0.4, -0.2) is 73.4 Å². The highest BCUT2D eigenvalue weighted by atomic mass is 19.1. The second-order valence-electron chi connectivity index (χ2n) is 7.47. The lowest BCUT2D eigenvalue weighted by atomic mass is 10.1. The van der Waals surface area contributed by atoms with Crippen LogP contribution >= 0.6 is 0 Å². The van der Waals surface area contributed by atoms with Crippen LogP contribution in [0.5, 0.6) is 5.75 Å². The molecule has 1 aliphatic rings. The molecule has 1 fully saturated rings. The Balaban J connectivity index is 1.36. The van der Waals surface area contributed by atoms with Crippen LogP contribution < -0.4 is 4.74 Å². The second-order valence-corrected chi connectivity index (χ2v) is 7.47. The summed E-state index contributed by atoms with van der Waals surface area (Å²) in [5, 5.41) is 10.2. The molecule has 2 aromatic rings. The predicted molar refractivity (Wildman–Crippen MR) is 112 cm³/mol. The first-order valence-corrected chi connectivity index (χ1v) is 10.2. The first kappa shape index (κ1) is 22.2. The van der Waals surface area contributed by atoms with Crippen molar-refractivity contribution in [3.63, 3.8) is 0 Å². The van der Waals surface area contributed by atoms with Gasteiger partial charge in [-0.05, 0) is 23.8 Å². The minimum Gasteiger partial charge on any atom is -0.497 e. The highest BCUT2D eigenvalue weighted by Gasteiger charge is 2.22. The van der Waals surface area contributed by atoms with Gasteiger partial charge >= 0.3 is 0 Å². The molecule has 0 spiro atoms. The lowest BCUT2D eigenvalue weighted by Crippen LogP contribution is -2.51. The maximum Gasteiger partial charge on any atom is 0.227 e. The van der Waals surface area contributed by atoms with Crippen LogP contribution in [-0.2, 0) is 22.6 Å². The van der Waals surface area contributed by atoms with Gasteiger partial charge in [0.15, 0.2) is 0 Å². The summed E-state index contributed by atoms with van der Waals surface area (Å²) in [6, 6.07) is 14.0. The molecule has 1 saturated heterocycles. The van der Waals surface area contributed by atoms with E-state index in [4.69, 9.17) is 9.47 Å². The monoisotopic (exact) mass is 416 g/mol. The Kier molecular flexibility index (Phi) is 8.19. The summed E-state index contributed by atoms with van der Waals surface area (Å²) >= 11 is 0. The molecule has 1 heterocycles. The minimum atomic E-state index is -0.657. The number of amides is 1. The Bertz CT molecular complexity index is 824. The van der Waals surface area contributed by atoms with Gasteiger partial charge in [-0.2, -0.15) is 0 Å². The number of β-amino-alcohol motifs (C(OH)–C–C–N with tert-alkyl or cyclic N) is 1. The van der Waals surface area contributed by atoms with Crippen LogP contribution in [0.2, 0.25) is 0 Å². The number of methoxy groups -OCH3 is 1. The van der Waals surface area contributed by atoms with Gasteiger partial charge in [-0.15, -0.1) is 0 Å². The summed E-state index contributed by atoms with van der Waals surface area (Å²) in [6.07, 6.45) is -0.306. The van der Waals surface area contributed by atoms with Crippen molar-refractivity contribution in [1.29, 1.82) is 0 Å². The molecular weight excluding hydrogens is 387 g/mol. The normalized spacial score (nSPS) is 15.8. The molecule has 2 aromatic carbocycles. The van der Waals surface area contributed by atoms with E-state index in [-0.39, 0.29) is 24.9 Å². The molecule has 0 aromatic heterocycles. The number of carbonyl (C=O) groups is 1. The average Bonchev–Trinajstić information content (AvgIpc) is 2.75. The molecular formula is C23H29FN2O4. The van der Waals surface area contributed by atoms with Crippen LogP contribution in [0.15, 0.2) is 48.5 Å². The topological polar surface area (TPSA) is 62.2 Å². The second kappa shape index (κ2) is 11.1. The number of hydrogen-bond donors (Lipinski definition) is 1. The molecule has 1 unspecified atom stereocenters. The molecule has 30 heavy (non-hydrogen) atoms. The molecule has 0 aliphatic carbocycles. The molecule has 1 N–H and O–H groups in total. The summed E-state index contributed by atoms with van der Waals surface area (Å²) in [6.45, 7) is 3.41. The van der Waals surface area contributed by atoms with E-state index in [1.807, 2.05) is 29.2 Å². The van der Waals surface area contributed by atoms with Crippen molar-refractivity contribution in [2.24, 2.45) is 0 Å². The molecule has 0 saturated carbocycles. The molecule has 1 aliphatic heterocycles. The van der Waals surface area contributed by atoms with E-state index in [2.05, 4.69) is 4.90 Å².